The van der Waals surface area contributed by atoms with Gasteiger partial charge in [0.25, 0.3) is 0 Å². The number of rotatable bonds is 6. The molecule has 1 saturated heterocycles. The van der Waals surface area contributed by atoms with Crippen LogP contribution in [0.2, 0.25) is 0 Å². The first-order chi connectivity index (χ1) is 18.5. The zero-order chi connectivity index (χ0) is 27.9. The summed E-state index contributed by atoms with van der Waals surface area (Å²) in [5.41, 5.74) is 2.85. The number of benzene rings is 2. The molecule has 2 heterocycles. The van der Waals surface area contributed by atoms with E-state index in [-0.39, 0.29) is 23.6 Å². The molecular formula is C27H28F3N3O5S. The summed E-state index contributed by atoms with van der Waals surface area (Å²) in [6.45, 7) is 0.216. The van der Waals surface area contributed by atoms with E-state index in [0.717, 1.165) is 5.69 Å². The molecular weight excluding hydrogens is 535 g/mol. The molecule has 1 aliphatic carbocycles. The second-order valence-corrected chi connectivity index (χ2v) is 12.4. The molecule has 0 radical (unpaired) electrons. The maximum atomic E-state index is 14.2. The van der Waals surface area contributed by atoms with Crippen molar-refractivity contribution in [3.05, 3.63) is 65.7 Å². The maximum Gasteiger partial charge on any atom is 0.307 e. The first kappa shape index (κ1) is 27.2. The number of carboxylic acid groups (broad SMARTS) is 1. The Balaban J connectivity index is 1.60. The lowest BCUT2D eigenvalue weighted by Gasteiger charge is -2.33. The minimum absolute atomic E-state index is 0.0564. The van der Waals surface area contributed by atoms with Crippen molar-refractivity contribution < 1.29 is 36.6 Å². The van der Waals surface area contributed by atoms with Crippen molar-refractivity contribution >= 4 is 21.5 Å². The third-order valence-electron chi connectivity index (χ3n) is 7.59. The highest BCUT2D eigenvalue weighted by Gasteiger charge is 2.47. The van der Waals surface area contributed by atoms with Crippen molar-refractivity contribution in [1.29, 1.82) is 0 Å². The minimum Gasteiger partial charge on any atom is -0.481 e. The quantitative estimate of drug-likeness (QED) is 0.466. The summed E-state index contributed by atoms with van der Waals surface area (Å²) in [5.74, 6) is -7.04. The lowest BCUT2D eigenvalue weighted by molar-refractivity contribution is -0.150. The predicted molar refractivity (Wildman–Crippen MR) is 138 cm³/mol. The number of halogens is 3. The SMILES string of the molecule is O=C(O)C1CC(F)(F)CCC1c1nn(-c2ccc(F)cc2)c(CO)c1-c1ccc(N2CCS(=O)(=O)CC2)cc1. The topological polar surface area (TPSA) is 113 Å². The van der Waals surface area contributed by atoms with Crippen LogP contribution < -0.4 is 4.90 Å². The second-order valence-electron chi connectivity index (χ2n) is 10.1. The Labute approximate surface area is 223 Å². The van der Waals surface area contributed by atoms with E-state index in [1.807, 2.05) is 4.90 Å². The molecule has 208 valence electrons. The highest BCUT2D eigenvalue weighted by atomic mass is 32.2. The number of nitrogens with zero attached hydrogens (tertiary/aromatic N) is 3. The van der Waals surface area contributed by atoms with Crippen LogP contribution >= 0.6 is 0 Å². The predicted octanol–water partition coefficient (Wildman–Crippen LogP) is 4.01. The molecule has 1 saturated carbocycles. The molecule has 3 aromatic rings. The van der Waals surface area contributed by atoms with Crippen LogP contribution in [0.5, 0.6) is 0 Å². The molecule has 0 bridgehead atoms. The van der Waals surface area contributed by atoms with Crippen LogP contribution in [-0.4, -0.2) is 64.9 Å². The van der Waals surface area contributed by atoms with Crippen LogP contribution in [0.1, 0.15) is 36.6 Å². The number of aliphatic hydroxyl groups excluding tert-OH is 1. The molecule has 1 aromatic heterocycles. The van der Waals surface area contributed by atoms with E-state index in [2.05, 4.69) is 5.10 Å². The van der Waals surface area contributed by atoms with Crippen molar-refractivity contribution in [3.63, 3.8) is 0 Å². The van der Waals surface area contributed by atoms with Gasteiger partial charge in [-0.15, -0.1) is 0 Å². The second kappa shape index (κ2) is 10.3. The fourth-order valence-corrected chi connectivity index (χ4v) is 6.72. The van der Waals surface area contributed by atoms with Gasteiger partial charge in [0.1, 0.15) is 5.82 Å². The Kier molecular flexibility index (Phi) is 7.19. The van der Waals surface area contributed by atoms with E-state index in [0.29, 0.717) is 35.6 Å². The van der Waals surface area contributed by atoms with Gasteiger partial charge in [-0.1, -0.05) is 12.1 Å². The van der Waals surface area contributed by atoms with Crippen molar-refractivity contribution in [1.82, 2.24) is 9.78 Å². The lowest BCUT2D eigenvalue weighted by Crippen LogP contribution is -2.40. The fourth-order valence-electron chi connectivity index (χ4n) is 5.52. The number of carbonyl (C=O) groups is 1. The van der Waals surface area contributed by atoms with E-state index < -0.39 is 58.8 Å². The molecule has 5 rings (SSSR count). The summed E-state index contributed by atoms with van der Waals surface area (Å²) in [6, 6.07) is 12.5. The minimum atomic E-state index is -3.11. The Hall–Kier alpha value is -3.38. The molecule has 1 aliphatic heterocycles. The van der Waals surface area contributed by atoms with Gasteiger partial charge in [-0.05, 0) is 48.4 Å². The highest BCUT2D eigenvalue weighted by Crippen LogP contribution is 2.48. The summed E-state index contributed by atoms with van der Waals surface area (Å²) in [6.07, 6.45) is -1.42. The van der Waals surface area contributed by atoms with Gasteiger partial charge in [0.15, 0.2) is 9.84 Å². The number of aliphatic hydroxyl groups is 1. The maximum absolute atomic E-state index is 14.2. The van der Waals surface area contributed by atoms with Gasteiger partial charge < -0.3 is 15.1 Å². The lowest BCUT2D eigenvalue weighted by atomic mass is 9.74. The molecule has 8 nitrogen and oxygen atoms in total. The first-order valence-corrected chi connectivity index (χ1v) is 14.5. The third-order valence-corrected chi connectivity index (χ3v) is 9.20. The molecule has 12 heteroatoms. The van der Waals surface area contributed by atoms with Crippen LogP contribution in [0.15, 0.2) is 48.5 Å². The third kappa shape index (κ3) is 5.53. The Morgan fingerprint density at radius 3 is 2.23 bits per heavy atom. The summed E-state index contributed by atoms with van der Waals surface area (Å²) < 4.78 is 67.1. The number of sulfone groups is 1. The Morgan fingerprint density at radius 1 is 1.03 bits per heavy atom. The van der Waals surface area contributed by atoms with Gasteiger partial charge in [0, 0.05) is 43.1 Å². The summed E-state index contributed by atoms with van der Waals surface area (Å²) in [4.78, 5) is 14.0. The zero-order valence-corrected chi connectivity index (χ0v) is 21.7. The van der Waals surface area contributed by atoms with Gasteiger partial charge in [-0.25, -0.2) is 26.3 Å². The van der Waals surface area contributed by atoms with E-state index in [9.17, 15) is 36.6 Å². The first-order valence-electron chi connectivity index (χ1n) is 12.6. The summed E-state index contributed by atoms with van der Waals surface area (Å²) >= 11 is 0. The Morgan fingerprint density at radius 2 is 1.64 bits per heavy atom. The van der Waals surface area contributed by atoms with E-state index in [1.165, 1.54) is 28.9 Å². The summed E-state index contributed by atoms with van der Waals surface area (Å²) in [7, 11) is -3.05. The molecule has 0 amide bonds. The van der Waals surface area contributed by atoms with E-state index in [1.54, 1.807) is 24.3 Å². The number of aromatic nitrogens is 2. The van der Waals surface area contributed by atoms with Gasteiger partial charge in [-0.3, -0.25) is 4.79 Å². The molecule has 2 aliphatic rings. The number of aliphatic carboxylic acids is 1. The number of anilines is 1. The van der Waals surface area contributed by atoms with E-state index in [4.69, 9.17) is 0 Å². The van der Waals surface area contributed by atoms with Crippen LogP contribution in [0.25, 0.3) is 16.8 Å². The molecule has 2 aromatic carbocycles. The molecule has 0 spiro atoms. The Bertz CT molecular complexity index is 1460. The standard InChI is InChI=1S/C27H28F3N3O5S/c28-18-3-7-20(8-4-18)33-23(16-34)24(25(31-33)21-9-10-27(29,30)15-22(21)26(35)36)17-1-5-19(6-2-17)32-11-13-39(37,38)14-12-32/h1-8,21-22,34H,9-16H2,(H,35,36). The smallest absolute Gasteiger partial charge is 0.307 e. The molecule has 2 unspecified atom stereocenters. The van der Waals surface area contributed by atoms with Crippen molar-refractivity contribution in [2.24, 2.45) is 5.92 Å². The highest BCUT2D eigenvalue weighted by molar-refractivity contribution is 7.91. The largest absolute Gasteiger partial charge is 0.481 e. The van der Waals surface area contributed by atoms with Gasteiger partial charge >= 0.3 is 5.97 Å². The normalized spacial score (nSPS) is 22.5. The van der Waals surface area contributed by atoms with Crippen LogP contribution in [-0.2, 0) is 21.2 Å². The molecule has 2 fully saturated rings. The zero-order valence-electron chi connectivity index (χ0n) is 20.9. The molecule has 39 heavy (non-hydrogen) atoms. The monoisotopic (exact) mass is 563 g/mol. The van der Waals surface area contributed by atoms with Crippen LogP contribution in [0, 0.1) is 11.7 Å². The van der Waals surface area contributed by atoms with E-state index >= 15 is 0 Å². The van der Waals surface area contributed by atoms with Crippen LogP contribution in [0.3, 0.4) is 0 Å². The van der Waals surface area contributed by atoms with Crippen molar-refractivity contribution in [3.8, 4) is 16.8 Å². The van der Waals surface area contributed by atoms with Gasteiger partial charge in [0.2, 0.25) is 5.92 Å². The number of hydrogen-bond donors (Lipinski definition) is 2. The van der Waals surface area contributed by atoms with Crippen LogP contribution in [0.4, 0.5) is 18.9 Å². The summed E-state index contributed by atoms with van der Waals surface area (Å²) in [5, 5.41) is 24.9. The van der Waals surface area contributed by atoms with Crippen molar-refractivity contribution in [2.75, 3.05) is 29.5 Å². The molecule has 2 N–H and O–H groups in total. The number of hydrogen-bond acceptors (Lipinski definition) is 6. The van der Waals surface area contributed by atoms with Gasteiger partial charge in [-0.2, -0.15) is 5.10 Å². The average Bonchev–Trinajstić information content (AvgIpc) is 3.28. The number of carboxylic acids is 1. The fraction of sp³-hybridized carbons (Fsp3) is 0.407. The average molecular weight is 564 g/mol. The van der Waals surface area contributed by atoms with Gasteiger partial charge in [0.05, 0.1) is 41.1 Å². The number of alkyl halides is 2. The van der Waals surface area contributed by atoms with Crippen molar-refractivity contribution in [2.45, 2.75) is 37.7 Å². The molecule has 2 atom stereocenters.